The van der Waals surface area contributed by atoms with Gasteiger partial charge in [0.15, 0.2) is 0 Å². The van der Waals surface area contributed by atoms with Crippen molar-refractivity contribution in [1.29, 1.82) is 5.26 Å². The molecule has 0 aromatic carbocycles. The summed E-state index contributed by atoms with van der Waals surface area (Å²) in [6.07, 6.45) is 0.964. The zero-order chi connectivity index (χ0) is 12.3. The molecule has 0 aliphatic heterocycles. The van der Waals surface area contributed by atoms with E-state index in [1.165, 1.54) is 17.1 Å². The van der Waals surface area contributed by atoms with E-state index in [1.54, 1.807) is 11.3 Å². The maximum atomic E-state index is 9.04. The number of thiophene rings is 1. The topological polar surface area (TPSA) is 48.7 Å². The summed E-state index contributed by atoms with van der Waals surface area (Å²) in [5, 5.41) is 17.5. The summed E-state index contributed by atoms with van der Waals surface area (Å²) in [5.41, 5.74) is 2.81. The fourth-order valence-electron chi connectivity index (χ4n) is 1.64. The van der Waals surface area contributed by atoms with Gasteiger partial charge in [-0.3, -0.25) is 0 Å². The fraction of sp³-hybridized carbons (Fsp3) is 0.333. The van der Waals surface area contributed by atoms with E-state index in [1.807, 2.05) is 6.92 Å². The Morgan fingerprint density at radius 3 is 3.06 bits per heavy atom. The lowest BCUT2D eigenvalue weighted by Gasteiger charge is -2.12. The molecule has 88 valence electrons. The normalized spacial score (nSPS) is 12.1. The number of nitriles is 1. The number of hydrogen-bond acceptors (Lipinski definition) is 5. The second-order valence-electron chi connectivity index (χ2n) is 3.97. The van der Waals surface area contributed by atoms with Crippen molar-refractivity contribution in [2.45, 2.75) is 26.3 Å². The molecule has 0 saturated carbocycles. The van der Waals surface area contributed by atoms with Crippen LogP contribution in [0.3, 0.4) is 0 Å². The Morgan fingerprint density at radius 1 is 1.59 bits per heavy atom. The molecule has 0 spiro atoms. The first-order valence-electron chi connectivity index (χ1n) is 5.34. The van der Waals surface area contributed by atoms with Crippen LogP contribution in [-0.2, 0) is 6.42 Å². The summed E-state index contributed by atoms with van der Waals surface area (Å²) in [5.74, 6) is 0. The van der Waals surface area contributed by atoms with Gasteiger partial charge in [0.05, 0.1) is 5.69 Å². The van der Waals surface area contributed by atoms with Gasteiger partial charge in [-0.15, -0.1) is 0 Å². The smallest absolute Gasteiger partial charge is 0.127 e. The molecule has 1 unspecified atom stereocenters. The molecule has 17 heavy (non-hydrogen) atoms. The van der Waals surface area contributed by atoms with Crippen LogP contribution in [0.15, 0.2) is 16.8 Å². The maximum absolute atomic E-state index is 9.04. The zero-order valence-electron chi connectivity index (χ0n) is 9.73. The summed E-state index contributed by atoms with van der Waals surface area (Å²) in [7, 11) is 0. The summed E-state index contributed by atoms with van der Waals surface area (Å²) in [6.45, 7) is 3.98. The summed E-state index contributed by atoms with van der Waals surface area (Å²) in [4.78, 5) is 0. The molecule has 5 heteroatoms. The van der Waals surface area contributed by atoms with E-state index in [4.69, 9.17) is 5.26 Å². The lowest BCUT2D eigenvalue weighted by molar-refractivity contribution is 0.795. The third-order valence-corrected chi connectivity index (χ3v) is 4.08. The van der Waals surface area contributed by atoms with Crippen LogP contribution in [0, 0.1) is 18.3 Å². The standard InChI is InChI=1S/C12H13N3S2/c1-8(5-10-3-4-16-7-10)14-12-11(6-13)9(2)15-17-12/h3-4,7-8,14H,5H2,1-2H3. The van der Waals surface area contributed by atoms with Crippen molar-refractivity contribution in [3.8, 4) is 6.07 Å². The van der Waals surface area contributed by atoms with Gasteiger partial charge in [-0.05, 0) is 54.2 Å². The Balaban J connectivity index is 2.03. The quantitative estimate of drug-likeness (QED) is 0.919. The Bertz CT molecular complexity index is 522. The summed E-state index contributed by atoms with van der Waals surface area (Å²) >= 11 is 3.07. The maximum Gasteiger partial charge on any atom is 0.127 e. The Hall–Kier alpha value is -1.38. The predicted octanol–water partition coefficient (Wildman–Crippen LogP) is 3.43. The average molecular weight is 263 g/mol. The number of nitrogens with zero attached hydrogens (tertiary/aromatic N) is 2. The molecule has 0 saturated heterocycles. The minimum absolute atomic E-state index is 0.302. The number of aryl methyl sites for hydroxylation is 1. The lowest BCUT2D eigenvalue weighted by Crippen LogP contribution is -2.17. The van der Waals surface area contributed by atoms with Gasteiger partial charge < -0.3 is 5.32 Å². The van der Waals surface area contributed by atoms with Crippen molar-refractivity contribution < 1.29 is 0 Å². The average Bonchev–Trinajstić information content (AvgIpc) is 2.89. The van der Waals surface area contributed by atoms with Gasteiger partial charge in [-0.1, -0.05) is 0 Å². The minimum atomic E-state index is 0.302. The Labute approximate surface area is 109 Å². The molecule has 0 fully saturated rings. The molecular formula is C12H13N3S2. The van der Waals surface area contributed by atoms with E-state index in [2.05, 4.69) is 39.5 Å². The Kier molecular flexibility index (Phi) is 3.77. The molecule has 0 amide bonds. The minimum Gasteiger partial charge on any atom is -0.372 e. The van der Waals surface area contributed by atoms with Crippen molar-refractivity contribution in [3.05, 3.63) is 33.6 Å². The van der Waals surface area contributed by atoms with Crippen molar-refractivity contribution >= 4 is 27.9 Å². The first kappa shape index (κ1) is 12.1. The van der Waals surface area contributed by atoms with Gasteiger partial charge in [0, 0.05) is 6.04 Å². The van der Waals surface area contributed by atoms with Gasteiger partial charge in [0.25, 0.3) is 0 Å². The van der Waals surface area contributed by atoms with Crippen molar-refractivity contribution in [1.82, 2.24) is 4.37 Å². The summed E-state index contributed by atoms with van der Waals surface area (Å²) in [6, 6.07) is 4.63. The second kappa shape index (κ2) is 5.30. The van der Waals surface area contributed by atoms with Gasteiger partial charge in [0.2, 0.25) is 0 Å². The molecule has 0 aliphatic rings. The molecular weight excluding hydrogens is 250 g/mol. The van der Waals surface area contributed by atoms with Crippen molar-refractivity contribution in [3.63, 3.8) is 0 Å². The highest BCUT2D eigenvalue weighted by Gasteiger charge is 2.12. The van der Waals surface area contributed by atoms with Crippen LogP contribution < -0.4 is 5.32 Å². The van der Waals surface area contributed by atoms with Gasteiger partial charge in [-0.2, -0.15) is 21.0 Å². The number of aromatic nitrogens is 1. The molecule has 2 heterocycles. The molecule has 1 atom stereocenters. The van der Waals surface area contributed by atoms with E-state index in [9.17, 15) is 0 Å². The van der Waals surface area contributed by atoms with E-state index in [0.717, 1.165) is 17.1 Å². The van der Waals surface area contributed by atoms with Crippen molar-refractivity contribution in [2.75, 3.05) is 5.32 Å². The fourth-order valence-corrected chi connectivity index (χ4v) is 3.18. The molecule has 2 rings (SSSR count). The lowest BCUT2D eigenvalue weighted by atomic mass is 10.1. The molecule has 0 radical (unpaired) electrons. The van der Waals surface area contributed by atoms with E-state index < -0.39 is 0 Å². The monoisotopic (exact) mass is 263 g/mol. The van der Waals surface area contributed by atoms with Gasteiger partial charge in [-0.25, -0.2) is 0 Å². The van der Waals surface area contributed by atoms with Crippen LogP contribution in [0.4, 0.5) is 5.00 Å². The molecule has 1 N–H and O–H groups in total. The first-order chi connectivity index (χ1) is 8.20. The van der Waals surface area contributed by atoms with Crippen LogP contribution in [0.2, 0.25) is 0 Å². The van der Waals surface area contributed by atoms with E-state index in [0.29, 0.717) is 11.6 Å². The molecule has 0 aliphatic carbocycles. The third-order valence-electron chi connectivity index (χ3n) is 2.47. The van der Waals surface area contributed by atoms with Crippen LogP contribution in [0.5, 0.6) is 0 Å². The highest BCUT2D eigenvalue weighted by Crippen LogP contribution is 2.24. The van der Waals surface area contributed by atoms with Crippen LogP contribution in [0.25, 0.3) is 0 Å². The highest BCUT2D eigenvalue weighted by atomic mass is 32.1. The number of anilines is 1. The van der Waals surface area contributed by atoms with Crippen LogP contribution in [0.1, 0.15) is 23.7 Å². The Morgan fingerprint density at radius 2 is 2.41 bits per heavy atom. The highest BCUT2D eigenvalue weighted by molar-refractivity contribution is 7.10. The number of nitrogens with one attached hydrogen (secondary N) is 1. The molecule has 3 nitrogen and oxygen atoms in total. The molecule has 0 bridgehead atoms. The second-order valence-corrected chi connectivity index (χ2v) is 5.52. The van der Waals surface area contributed by atoms with Gasteiger partial charge >= 0.3 is 0 Å². The van der Waals surface area contributed by atoms with Crippen LogP contribution >= 0.6 is 22.9 Å². The van der Waals surface area contributed by atoms with Crippen LogP contribution in [-0.4, -0.2) is 10.4 Å². The van der Waals surface area contributed by atoms with Crippen molar-refractivity contribution in [2.24, 2.45) is 0 Å². The molecule has 2 aromatic heterocycles. The largest absolute Gasteiger partial charge is 0.372 e. The number of hydrogen-bond donors (Lipinski definition) is 1. The first-order valence-corrected chi connectivity index (χ1v) is 7.06. The summed E-state index contributed by atoms with van der Waals surface area (Å²) < 4.78 is 4.20. The predicted molar refractivity (Wildman–Crippen MR) is 72.7 cm³/mol. The molecule has 2 aromatic rings. The van der Waals surface area contributed by atoms with Gasteiger partial charge in [0.1, 0.15) is 16.6 Å². The van der Waals surface area contributed by atoms with E-state index in [-0.39, 0.29) is 0 Å². The SMILES string of the molecule is Cc1nsc(NC(C)Cc2ccsc2)c1C#N. The third kappa shape index (κ3) is 2.84. The zero-order valence-corrected chi connectivity index (χ0v) is 11.4. The number of rotatable bonds is 4. The van der Waals surface area contributed by atoms with E-state index >= 15 is 0 Å².